The van der Waals surface area contributed by atoms with Crippen LogP contribution in [0.3, 0.4) is 0 Å². The van der Waals surface area contributed by atoms with E-state index in [1.807, 2.05) is 0 Å². The van der Waals surface area contributed by atoms with E-state index in [0.29, 0.717) is 5.92 Å². The Hall–Kier alpha value is -0.610. The van der Waals surface area contributed by atoms with E-state index in [2.05, 4.69) is 19.2 Å². The number of ether oxygens (including phenoxy) is 1. The summed E-state index contributed by atoms with van der Waals surface area (Å²) in [6.45, 7) is 6.71. The molecule has 0 saturated carbocycles. The third-order valence-corrected chi connectivity index (χ3v) is 2.82. The lowest BCUT2D eigenvalue weighted by Crippen LogP contribution is -2.48. The lowest BCUT2D eigenvalue weighted by molar-refractivity contribution is -0.124. The molecule has 3 atom stereocenters. The summed E-state index contributed by atoms with van der Waals surface area (Å²) in [5.74, 6) is 0.435. The molecule has 1 amide bonds. The highest BCUT2D eigenvalue weighted by Crippen LogP contribution is 2.20. The lowest BCUT2D eigenvalue weighted by atomic mass is 9.95. The molecular formula is C11H22N2O2. The molecule has 4 heteroatoms. The smallest absolute Gasteiger partial charge is 0.236 e. The normalized spacial score (nSPS) is 28.9. The Labute approximate surface area is 91.5 Å². The minimum Gasteiger partial charge on any atom is -0.378 e. The maximum Gasteiger partial charge on any atom is 0.236 e. The summed E-state index contributed by atoms with van der Waals surface area (Å²) in [6, 6.07) is -0.199. The minimum atomic E-state index is -0.426. The molecular weight excluding hydrogens is 192 g/mol. The van der Waals surface area contributed by atoms with Gasteiger partial charge in [0.1, 0.15) is 0 Å². The number of hydrogen-bond acceptors (Lipinski definition) is 3. The Kier molecular flexibility index (Phi) is 4.54. The summed E-state index contributed by atoms with van der Waals surface area (Å²) >= 11 is 0. The summed E-state index contributed by atoms with van der Waals surface area (Å²) in [5.41, 5.74) is 5.50. The first-order valence-corrected chi connectivity index (χ1v) is 5.68. The number of nitrogens with two attached hydrogens (primary N) is 1. The quantitative estimate of drug-likeness (QED) is 0.725. The van der Waals surface area contributed by atoms with Gasteiger partial charge < -0.3 is 15.8 Å². The minimum absolute atomic E-state index is 0.0654. The van der Waals surface area contributed by atoms with Gasteiger partial charge in [0.25, 0.3) is 0 Å². The van der Waals surface area contributed by atoms with Crippen LogP contribution >= 0.6 is 0 Å². The summed E-state index contributed by atoms with van der Waals surface area (Å²) in [6.07, 6.45) is 2.05. The number of amides is 1. The van der Waals surface area contributed by atoms with Crippen molar-refractivity contribution in [1.29, 1.82) is 0 Å². The van der Waals surface area contributed by atoms with E-state index in [0.717, 1.165) is 19.4 Å². The third kappa shape index (κ3) is 3.80. The molecule has 0 bridgehead atoms. The van der Waals surface area contributed by atoms with Gasteiger partial charge >= 0.3 is 0 Å². The van der Waals surface area contributed by atoms with Crippen LogP contribution < -0.4 is 11.1 Å². The molecule has 0 aromatic carbocycles. The molecule has 1 heterocycles. The van der Waals surface area contributed by atoms with Gasteiger partial charge in [-0.05, 0) is 25.7 Å². The largest absolute Gasteiger partial charge is 0.378 e. The van der Waals surface area contributed by atoms with Crippen LogP contribution in [0.2, 0.25) is 0 Å². The molecule has 0 aliphatic carbocycles. The fourth-order valence-electron chi connectivity index (χ4n) is 1.76. The average Bonchev–Trinajstić information content (AvgIpc) is 2.18. The van der Waals surface area contributed by atoms with Crippen molar-refractivity contribution in [2.45, 2.75) is 51.8 Å². The maximum absolute atomic E-state index is 11.4. The van der Waals surface area contributed by atoms with E-state index < -0.39 is 6.04 Å². The van der Waals surface area contributed by atoms with Crippen molar-refractivity contribution in [2.24, 2.45) is 11.7 Å². The summed E-state index contributed by atoms with van der Waals surface area (Å²) in [7, 11) is 0. The Morgan fingerprint density at radius 3 is 2.67 bits per heavy atom. The molecule has 1 saturated heterocycles. The zero-order chi connectivity index (χ0) is 11.4. The molecule has 1 fully saturated rings. The first-order chi connectivity index (χ1) is 7.00. The molecule has 4 nitrogen and oxygen atoms in total. The summed E-state index contributed by atoms with van der Waals surface area (Å²) < 4.78 is 5.63. The number of carbonyl (C=O) groups is 1. The van der Waals surface area contributed by atoms with Crippen molar-refractivity contribution >= 4 is 5.91 Å². The second-order valence-corrected chi connectivity index (χ2v) is 4.67. The predicted molar refractivity (Wildman–Crippen MR) is 59.4 cm³/mol. The number of nitrogens with one attached hydrogen (secondary N) is 1. The van der Waals surface area contributed by atoms with Crippen molar-refractivity contribution < 1.29 is 9.53 Å². The van der Waals surface area contributed by atoms with Gasteiger partial charge in [0.05, 0.1) is 12.1 Å². The van der Waals surface area contributed by atoms with Crippen LogP contribution in [-0.4, -0.2) is 30.7 Å². The van der Waals surface area contributed by atoms with Gasteiger partial charge in [-0.25, -0.2) is 0 Å². The van der Waals surface area contributed by atoms with Crippen LogP contribution in [0.15, 0.2) is 0 Å². The standard InChI is InChI=1S/C11H22N2O2/c1-7(2)10-6-9(4-5-15-10)13-11(14)8(3)12/h7-10H,4-6,12H2,1-3H3,(H,13,14). The monoisotopic (exact) mass is 214 g/mol. The van der Waals surface area contributed by atoms with Crippen LogP contribution in [0.5, 0.6) is 0 Å². The highest BCUT2D eigenvalue weighted by Gasteiger charge is 2.26. The topological polar surface area (TPSA) is 64.4 Å². The molecule has 0 radical (unpaired) electrons. The fraction of sp³-hybridized carbons (Fsp3) is 0.909. The van der Waals surface area contributed by atoms with Crippen molar-refractivity contribution in [2.75, 3.05) is 6.61 Å². The van der Waals surface area contributed by atoms with Crippen LogP contribution in [0.1, 0.15) is 33.6 Å². The van der Waals surface area contributed by atoms with Crippen LogP contribution in [0.4, 0.5) is 0 Å². The Balaban J connectivity index is 2.39. The highest BCUT2D eigenvalue weighted by atomic mass is 16.5. The van der Waals surface area contributed by atoms with Crippen LogP contribution in [-0.2, 0) is 9.53 Å². The molecule has 1 rings (SSSR count). The third-order valence-electron chi connectivity index (χ3n) is 2.82. The average molecular weight is 214 g/mol. The molecule has 0 aromatic heterocycles. The van der Waals surface area contributed by atoms with Gasteiger partial charge in [-0.1, -0.05) is 13.8 Å². The predicted octanol–water partition coefficient (Wildman–Crippen LogP) is 0.653. The molecule has 3 N–H and O–H groups in total. The van der Waals surface area contributed by atoms with Crippen molar-refractivity contribution in [3.63, 3.8) is 0 Å². The first-order valence-electron chi connectivity index (χ1n) is 5.68. The van der Waals surface area contributed by atoms with E-state index in [4.69, 9.17) is 10.5 Å². The second-order valence-electron chi connectivity index (χ2n) is 4.67. The zero-order valence-electron chi connectivity index (χ0n) is 9.82. The maximum atomic E-state index is 11.4. The zero-order valence-corrected chi connectivity index (χ0v) is 9.82. The van der Waals surface area contributed by atoms with Gasteiger partial charge in [-0.2, -0.15) is 0 Å². The number of rotatable bonds is 3. The van der Waals surface area contributed by atoms with Crippen LogP contribution in [0.25, 0.3) is 0 Å². The molecule has 3 unspecified atom stereocenters. The Morgan fingerprint density at radius 1 is 1.47 bits per heavy atom. The molecule has 0 spiro atoms. The molecule has 88 valence electrons. The summed E-state index contributed by atoms with van der Waals surface area (Å²) in [5, 5.41) is 2.96. The molecule has 1 aliphatic heterocycles. The van der Waals surface area contributed by atoms with Gasteiger partial charge in [0, 0.05) is 12.6 Å². The second kappa shape index (κ2) is 5.47. The van der Waals surface area contributed by atoms with Crippen molar-refractivity contribution in [1.82, 2.24) is 5.32 Å². The number of carbonyl (C=O) groups excluding carboxylic acids is 1. The van der Waals surface area contributed by atoms with Crippen LogP contribution in [0, 0.1) is 5.92 Å². The van der Waals surface area contributed by atoms with Gasteiger partial charge in [-0.3, -0.25) is 4.79 Å². The number of hydrogen-bond donors (Lipinski definition) is 2. The Morgan fingerprint density at radius 2 is 2.13 bits per heavy atom. The first kappa shape index (κ1) is 12.5. The molecule has 1 aliphatic rings. The Bertz CT molecular complexity index is 217. The SMILES string of the molecule is CC(N)C(=O)NC1CCOC(C(C)C)C1. The highest BCUT2D eigenvalue weighted by molar-refractivity contribution is 5.81. The van der Waals surface area contributed by atoms with Crippen molar-refractivity contribution in [3.05, 3.63) is 0 Å². The molecule has 0 aromatic rings. The van der Waals surface area contributed by atoms with E-state index in [9.17, 15) is 4.79 Å². The van der Waals surface area contributed by atoms with Crippen molar-refractivity contribution in [3.8, 4) is 0 Å². The van der Waals surface area contributed by atoms with E-state index >= 15 is 0 Å². The van der Waals surface area contributed by atoms with E-state index in [1.165, 1.54) is 0 Å². The van der Waals surface area contributed by atoms with Gasteiger partial charge in [-0.15, -0.1) is 0 Å². The van der Waals surface area contributed by atoms with E-state index in [-0.39, 0.29) is 18.1 Å². The van der Waals surface area contributed by atoms with E-state index in [1.54, 1.807) is 6.92 Å². The molecule has 15 heavy (non-hydrogen) atoms. The fourth-order valence-corrected chi connectivity index (χ4v) is 1.76. The summed E-state index contributed by atoms with van der Waals surface area (Å²) in [4.78, 5) is 11.4. The van der Waals surface area contributed by atoms with Gasteiger partial charge in [0.15, 0.2) is 0 Å². The van der Waals surface area contributed by atoms with Gasteiger partial charge in [0.2, 0.25) is 5.91 Å². The lowest BCUT2D eigenvalue weighted by Gasteiger charge is -2.32.